The van der Waals surface area contributed by atoms with E-state index in [1.165, 1.54) is 18.4 Å². The second-order valence-corrected chi connectivity index (χ2v) is 6.00. The van der Waals surface area contributed by atoms with Crippen LogP contribution in [0.15, 0.2) is 24.3 Å². The summed E-state index contributed by atoms with van der Waals surface area (Å²) in [5.41, 5.74) is 1.75. The van der Waals surface area contributed by atoms with Crippen molar-refractivity contribution in [2.45, 2.75) is 39.2 Å². The van der Waals surface area contributed by atoms with Crippen molar-refractivity contribution in [3.05, 3.63) is 29.8 Å². The molecule has 1 aliphatic rings. The van der Waals surface area contributed by atoms with Gasteiger partial charge in [-0.1, -0.05) is 26.0 Å². The number of hydrogen-bond donors (Lipinski definition) is 0. The van der Waals surface area contributed by atoms with Gasteiger partial charge in [0, 0.05) is 7.11 Å². The van der Waals surface area contributed by atoms with Crippen LogP contribution < -0.4 is 4.74 Å². The molecule has 0 radical (unpaired) electrons. The Balaban J connectivity index is 1.85. The molecule has 0 spiro atoms. The summed E-state index contributed by atoms with van der Waals surface area (Å²) >= 11 is 0. The lowest BCUT2D eigenvalue weighted by Crippen LogP contribution is -2.50. The minimum atomic E-state index is 0.360. The third kappa shape index (κ3) is 2.69. The molecule has 2 heteroatoms. The molecule has 2 nitrogen and oxygen atoms in total. The first-order valence-corrected chi connectivity index (χ1v) is 6.72. The van der Waals surface area contributed by atoms with Crippen LogP contribution in [0, 0.1) is 11.3 Å². The van der Waals surface area contributed by atoms with Crippen LogP contribution >= 0.6 is 0 Å². The van der Waals surface area contributed by atoms with E-state index in [9.17, 15) is 0 Å². The van der Waals surface area contributed by atoms with Gasteiger partial charge in [0.15, 0.2) is 0 Å². The summed E-state index contributed by atoms with van der Waals surface area (Å²) in [6.07, 6.45) is 4.05. The van der Waals surface area contributed by atoms with Gasteiger partial charge >= 0.3 is 0 Å². The fourth-order valence-electron chi connectivity index (χ4n) is 3.29. The van der Waals surface area contributed by atoms with Crippen molar-refractivity contribution < 1.29 is 9.47 Å². The smallest absolute Gasteiger partial charge is 0.118 e. The summed E-state index contributed by atoms with van der Waals surface area (Å²) in [5.74, 6) is 1.64. The number of benzene rings is 1. The minimum absolute atomic E-state index is 0.360. The van der Waals surface area contributed by atoms with E-state index in [2.05, 4.69) is 26.0 Å². The van der Waals surface area contributed by atoms with Gasteiger partial charge in [0.05, 0.1) is 13.2 Å². The predicted molar refractivity (Wildman–Crippen MR) is 74.0 cm³/mol. The van der Waals surface area contributed by atoms with Crippen LogP contribution in [0.5, 0.6) is 5.75 Å². The molecule has 0 aliphatic heterocycles. The lowest BCUT2D eigenvalue weighted by molar-refractivity contribution is -0.124. The first kappa shape index (κ1) is 13.4. The molecule has 0 N–H and O–H groups in total. The summed E-state index contributed by atoms with van der Waals surface area (Å²) in [5, 5.41) is 0. The molecular formula is C16H24O2. The van der Waals surface area contributed by atoms with Crippen molar-refractivity contribution >= 4 is 0 Å². The van der Waals surface area contributed by atoms with Gasteiger partial charge in [0.25, 0.3) is 0 Å². The monoisotopic (exact) mass is 248 g/mol. The molecule has 1 aromatic carbocycles. The Hall–Kier alpha value is -1.02. The normalized spacial score (nSPS) is 25.6. The lowest BCUT2D eigenvalue weighted by atomic mass is 9.60. The highest BCUT2D eigenvalue weighted by Crippen LogP contribution is 2.48. The Morgan fingerprint density at radius 1 is 1.17 bits per heavy atom. The first-order valence-electron chi connectivity index (χ1n) is 6.72. The van der Waals surface area contributed by atoms with E-state index < -0.39 is 0 Å². The molecule has 0 saturated heterocycles. The molecule has 0 bridgehead atoms. The van der Waals surface area contributed by atoms with Crippen molar-refractivity contribution in [1.29, 1.82) is 0 Å². The van der Waals surface area contributed by atoms with Crippen LogP contribution in [0.4, 0.5) is 0 Å². The van der Waals surface area contributed by atoms with Gasteiger partial charge in [-0.2, -0.15) is 0 Å². The van der Waals surface area contributed by atoms with Crippen molar-refractivity contribution in [2.24, 2.45) is 11.3 Å². The SMILES string of the molecule is COc1ccc(CC[C@@H]2CC(C)(C)[C@H]2OC)cc1. The molecule has 0 unspecified atom stereocenters. The minimum Gasteiger partial charge on any atom is -0.497 e. The largest absolute Gasteiger partial charge is 0.497 e. The van der Waals surface area contributed by atoms with Crippen molar-refractivity contribution in [1.82, 2.24) is 0 Å². The van der Waals surface area contributed by atoms with E-state index in [-0.39, 0.29) is 0 Å². The van der Waals surface area contributed by atoms with Gasteiger partial charge in [-0.15, -0.1) is 0 Å². The highest BCUT2D eigenvalue weighted by atomic mass is 16.5. The third-order valence-corrected chi connectivity index (χ3v) is 4.20. The number of methoxy groups -OCH3 is 2. The summed E-state index contributed by atoms with van der Waals surface area (Å²) in [4.78, 5) is 0. The number of aryl methyl sites for hydroxylation is 1. The van der Waals surface area contributed by atoms with Gasteiger partial charge in [-0.25, -0.2) is 0 Å². The third-order valence-electron chi connectivity index (χ3n) is 4.20. The van der Waals surface area contributed by atoms with Crippen LogP contribution in [-0.2, 0) is 11.2 Å². The maximum absolute atomic E-state index is 5.62. The van der Waals surface area contributed by atoms with Crippen molar-refractivity contribution in [3.8, 4) is 5.75 Å². The van der Waals surface area contributed by atoms with Gasteiger partial charge in [0.1, 0.15) is 5.75 Å². The molecule has 1 saturated carbocycles. The lowest BCUT2D eigenvalue weighted by Gasteiger charge is -2.50. The van der Waals surface area contributed by atoms with E-state index in [1.54, 1.807) is 7.11 Å². The Morgan fingerprint density at radius 2 is 1.83 bits per heavy atom. The fraction of sp³-hybridized carbons (Fsp3) is 0.625. The molecule has 1 fully saturated rings. The topological polar surface area (TPSA) is 18.5 Å². The van der Waals surface area contributed by atoms with Crippen molar-refractivity contribution in [3.63, 3.8) is 0 Å². The number of rotatable bonds is 5. The Labute approximate surface area is 110 Å². The molecule has 18 heavy (non-hydrogen) atoms. The zero-order valence-electron chi connectivity index (χ0n) is 11.9. The van der Waals surface area contributed by atoms with E-state index in [1.807, 2.05) is 19.2 Å². The maximum Gasteiger partial charge on any atom is 0.118 e. The average molecular weight is 248 g/mol. The average Bonchev–Trinajstić information content (AvgIpc) is 2.35. The standard InChI is InChI=1S/C16H24O2/c1-16(2)11-13(15(16)18-4)8-5-12-6-9-14(17-3)10-7-12/h6-7,9-10,13,15H,5,8,11H2,1-4H3/t13-,15+/m1/s1. The van der Waals surface area contributed by atoms with Gasteiger partial charge in [-0.05, 0) is 48.3 Å². The molecule has 1 aliphatic carbocycles. The zero-order valence-corrected chi connectivity index (χ0v) is 11.9. The van der Waals surface area contributed by atoms with Gasteiger partial charge in [-0.3, -0.25) is 0 Å². The van der Waals surface area contributed by atoms with E-state index in [0.717, 1.165) is 12.2 Å². The van der Waals surface area contributed by atoms with Crippen LogP contribution in [0.2, 0.25) is 0 Å². The van der Waals surface area contributed by atoms with E-state index >= 15 is 0 Å². The van der Waals surface area contributed by atoms with E-state index in [0.29, 0.717) is 17.4 Å². The summed E-state index contributed by atoms with van der Waals surface area (Å²) < 4.78 is 10.8. The van der Waals surface area contributed by atoms with E-state index in [4.69, 9.17) is 9.47 Å². The molecular weight excluding hydrogens is 224 g/mol. The van der Waals surface area contributed by atoms with Gasteiger partial charge < -0.3 is 9.47 Å². The Bertz CT molecular complexity index is 381. The highest BCUT2D eigenvalue weighted by molar-refractivity contribution is 5.27. The second kappa shape index (κ2) is 5.31. The highest BCUT2D eigenvalue weighted by Gasteiger charge is 2.46. The fourth-order valence-corrected chi connectivity index (χ4v) is 3.29. The van der Waals surface area contributed by atoms with Crippen LogP contribution in [0.3, 0.4) is 0 Å². The molecule has 2 rings (SSSR count). The van der Waals surface area contributed by atoms with Crippen LogP contribution in [0.25, 0.3) is 0 Å². The first-order chi connectivity index (χ1) is 8.56. The quantitative estimate of drug-likeness (QED) is 0.791. The molecule has 0 amide bonds. The van der Waals surface area contributed by atoms with Crippen LogP contribution in [-0.4, -0.2) is 20.3 Å². The second-order valence-electron chi connectivity index (χ2n) is 6.00. The maximum atomic E-state index is 5.62. The molecule has 2 atom stereocenters. The molecule has 0 aromatic heterocycles. The van der Waals surface area contributed by atoms with Gasteiger partial charge in [0.2, 0.25) is 0 Å². The number of hydrogen-bond acceptors (Lipinski definition) is 2. The summed E-state index contributed by atoms with van der Waals surface area (Å²) in [7, 11) is 3.54. The molecule has 1 aromatic rings. The molecule has 100 valence electrons. The number of ether oxygens (including phenoxy) is 2. The zero-order chi connectivity index (χ0) is 13.2. The molecule has 0 heterocycles. The summed E-state index contributed by atoms with van der Waals surface area (Å²) in [6, 6.07) is 8.39. The van der Waals surface area contributed by atoms with Crippen molar-refractivity contribution in [2.75, 3.05) is 14.2 Å². The Morgan fingerprint density at radius 3 is 2.33 bits per heavy atom. The van der Waals surface area contributed by atoms with Crippen LogP contribution in [0.1, 0.15) is 32.3 Å². The predicted octanol–water partition coefficient (Wildman–Crippen LogP) is 3.69. The summed E-state index contributed by atoms with van der Waals surface area (Å²) in [6.45, 7) is 4.59. The Kier molecular flexibility index (Phi) is 3.96.